The second-order valence-corrected chi connectivity index (χ2v) is 5.13. The molecule has 0 heterocycles. The molecular formula is C20H26N2O3. The van der Waals surface area contributed by atoms with E-state index in [0.717, 1.165) is 23.1 Å². The van der Waals surface area contributed by atoms with Gasteiger partial charge < -0.3 is 20.2 Å². The number of carbonyl (C=O) groups excluding carboxylic acids is 2. The van der Waals surface area contributed by atoms with Crippen LogP contribution >= 0.6 is 0 Å². The normalized spacial score (nSPS) is 9.44. The summed E-state index contributed by atoms with van der Waals surface area (Å²) in [7, 11) is 1.54. The first-order valence-electron chi connectivity index (χ1n) is 8.38. The molecule has 0 spiro atoms. The number of anilines is 2. The van der Waals surface area contributed by atoms with Gasteiger partial charge in [0.05, 0.1) is 12.8 Å². The average Bonchev–Trinajstić information content (AvgIpc) is 2.64. The fraction of sp³-hybridized carbons (Fsp3) is 0.300. The van der Waals surface area contributed by atoms with Gasteiger partial charge in [0.1, 0.15) is 12.0 Å². The second-order valence-electron chi connectivity index (χ2n) is 5.13. The monoisotopic (exact) mass is 342 g/mol. The molecule has 0 radical (unpaired) electrons. The van der Waals surface area contributed by atoms with E-state index in [2.05, 4.69) is 10.6 Å². The number of hydrogen-bond donors (Lipinski definition) is 2. The van der Waals surface area contributed by atoms with Crippen LogP contribution in [-0.4, -0.2) is 19.4 Å². The summed E-state index contributed by atoms with van der Waals surface area (Å²) in [5, 5.41) is 5.58. The molecule has 0 saturated carbocycles. The molecule has 0 aliphatic carbocycles. The molecule has 5 nitrogen and oxygen atoms in total. The maximum absolute atomic E-state index is 12.1. The van der Waals surface area contributed by atoms with Crippen LogP contribution in [-0.2, 0) is 11.2 Å². The quantitative estimate of drug-likeness (QED) is 0.741. The fourth-order valence-corrected chi connectivity index (χ4v) is 2.21. The summed E-state index contributed by atoms with van der Waals surface area (Å²) >= 11 is 0. The fourth-order valence-electron chi connectivity index (χ4n) is 2.21. The molecular weight excluding hydrogens is 316 g/mol. The van der Waals surface area contributed by atoms with Crippen molar-refractivity contribution in [3.05, 3.63) is 53.6 Å². The topological polar surface area (TPSA) is 67.4 Å². The first-order valence-corrected chi connectivity index (χ1v) is 8.38. The highest BCUT2D eigenvalue weighted by Crippen LogP contribution is 2.26. The maximum atomic E-state index is 12.1. The van der Waals surface area contributed by atoms with E-state index < -0.39 is 0 Å². The van der Waals surface area contributed by atoms with Crippen molar-refractivity contribution in [1.82, 2.24) is 0 Å². The minimum absolute atomic E-state index is 0.335. The van der Waals surface area contributed by atoms with Crippen molar-refractivity contribution < 1.29 is 14.3 Å². The van der Waals surface area contributed by atoms with Gasteiger partial charge >= 0.3 is 6.03 Å². The Bertz CT molecular complexity index is 699. The van der Waals surface area contributed by atoms with Crippen LogP contribution in [0.1, 0.15) is 31.4 Å². The van der Waals surface area contributed by atoms with Crippen molar-refractivity contribution in [2.45, 2.75) is 33.6 Å². The number of para-hydroxylation sites is 1. The third-order valence-electron chi connectivity index (χ3n) is 3.46. The molecule has 2 aromatic carbocycles. The van der Waals surface area contributed by atoms with E-state index in [1.54, 1.807) is 13.2 Å². The van der Waals surface area contributed by atoms with Gasteiger partial charge in [0, 0.05) is 12.1 Å². The van der Waals surface area contributed by atoms with Gasteiger partial charge in [-0.05, 0) is 42.7 Å². The summed E-state index contributed by atoms with van der Waals surface area (Å²) in [5.41, 5.74) is 3.30. The Morgan fingerprint density at radius 2 is 1.76 bits per heavy atom. The number of aldehydes is 1. The highest BCUT2D eigenvalue weighted by Gasteiger charge is 2.09. The molecule has 2 N–H and O–H groups in total. The van der Waals surface area contributed by atoms with Crippen molar-refractivity contribution in [1.29, 1.82) is 0 Å². The number of amides is 2. The molecule has 0 unspecified atom stereocenters. The Hall–Kier alpha value is -2.82. The van der Waals surface area contributed by atoms with E-state index in [1.807, 2.05) is 57.2 Å². The van der Waals surface area contributed by atoms with E-state index >= 15 is 0 Å². The SMILES string of the molecule is CC.COc1cc(CCC=O)ccc1NC(=O)Nc1ccccc1C. The van der Waals surface area contributed by atoms with Gasteiger partial charge in [-0.25, -0.2) is 4.79 Å². The maximum Gasteiger partial charge on any atom is 0.323 e. The lowest BCUT2D eigenvalue weighted by Crippen LogP contribution is -2.20. The van der Waals surface area contributed by atoms with Crippen molar-refractivity contribution in [3.8, 4) is 5.75 Å². The van der Waals surface area contributed by atoms with Crippen LogP contribution in [0.25, 0.3) is 0 Å². The number of ether oxygens (including phenoxy) is 1. The summed E-state index contributed by atoms with van der Waals surface area (Å²) < 4.78 is 5.31. The highest BCUT2D eigenvalue weighted by atomic mass is 16.5. The Balaban J connectivity index is 0.00000151. The number of urea groups is 1. The number of carbonyl (C=O) groups is 2. The Kier molecular flexibility index (Phi) is 8.79. The minimum Gasteiger partial charge on any atom is -0.495 e. The van der Waals surface area contributed by atoms with Crippen LogP contribution in [0.15, 0.2) is 42.5 Å². The molecule has 0 aliphatic heterocycles. The second kappa shape index (κ2) is 10.9. The third-order valence-corrected chi connectivity index (χ3v) is 3.46. The lowest BCUT2D eigenvalue weighted by molar-refractivity contribution is -0.107. The predicted octanol–water partition coefficient (Wildman–Crippen LogP) is 4.81. The van der Waals surface area contributed by atoms with Crippen LogP contribution in [0.4, 0.5) is 16.2 Å². The Morgan fingerprint density at radius 3 is 2.40 bits per heavy atom. The minimum atomic E-state index is -0.335. The molecule has 2 aromatic rings. The molecule has 0 fully saturated rings. The number of aryl methyl sites for hydroxylation is 2. The van der Waals surface area contributed by atoms with Crippen molar-refractivity contribution in [3.63, 3.8) is 0 Å². The van der Waals surface area contributed by atoms with E-state index in [-0.39, 0.29) is 6.03 Å². The van der Waals surface area contributed by atoms with E-state index in [0.29, 0.717) is 24.3 Å². The summed E-state index contributed by atoms with van der Waals surface area (Å²) in [6, 6.07) is 12.7. The van der Waals surface area contributed by atoms with Crippen LogP contribution in [0, 0.1) is 6.92 Å². The third kappa shape index (κ3) is 6.30. The molecule has 0 aromatic heterocycles. The molecule has 0 atom stereocenters. The largest absolute Gasteiger partial charge is 0.495 e. The number of rotatable bonds is 6. The molecule has 0 aliphatic rings. The van der Waals surface area contributed by atoms with Gasteiger partial charge in [-0.2, -0.15) is 0 Å². The summed E-state index contributed by atoms with van der Waals surface area (Å²) in [6.07, 6.45) is 1.99. The first kappa shape index (κ1) is 20.2. The molecule has 5 heteroatoms. The number of hydrogen-bond acceptors (Lipinski definition) is 3. The number of nitrogens with one attached hydrogen (secondary N) is 2. The summed E-state index contributed by atoms with van der Waals surface area (Å²) in [6.45, 7) is 5.93. The molecule has 2 rings (SSSR count). The van der Waals surface area contributed by atoms with Gasteiger partial charge in [-0.3, -0.25) is 0 Å². The van der Waals surface area contributed by atoms with Crippen LogP contribution < -0.4 is 15.4 Å². The van der Waals surface area contributed by atoms with Crippen LogP contribution in [0.2, 0.25) is 0 Å². The zero-order chi connectivity index (χ0) is 18.7. The molecule has 2 amide bonds. The Labute approximate surface area is 149 Å². The standard InChI is InChI=1S/C18H20N2O3.C2H6/c1-13-6-3-4-8-15(13)19-18(22)20-16-10-9-14(7-5-11-21)12-17(16)23-2;1-2/h3-4,6,8-12H,5,7H2,1-2H3,(H2,19,20,22);1-2H3. The smallest absolute Gasteiger partial charge is 0.323 e. The zero-order valence-electron chi connectivity index (χ0n) is 15.3. The first-order chi connectivity index (χ1) is 12.1. The van der Waals surface area contributed by atoms with Crippen LogP contribution in [0.5, 0.6) is 5.75 Å². The van der Waals surface area contributed by atoms with Gasteiger partial charge in [0.25, 0.3) is 0 Å². The van der Waals surface area contributed by atoms with Crippen molar-refractivity contribution >= 4 is 23.7 Å². The van der Waals surface area contributed by atoms with E-state index in [1.165, 1.54) is 0 Å². The van der Waals surface area contributed by atoms with Crippen LogP contribution in [0.3, 0.4) is 0 Å². The summed E-state index contributed by atoms with van der Waals surface area (Å²) in [4.78, 5) is 22.6. The lowest BCUT2D eigenvalue weighted by Gasteiger charge is -2.13. The average molecular weight is 342 g/mol. The predicted molar refractivity (Wildman–Crippen MR) is 103 cm³/mol. The molecule has 134 valence electrons. The van der Waals surface area contributed by atoms with Gasteiger partial charge in [0.2, 0.25) is 0 Å². The number of benzene rings is 2. The van der Waals surface area contributed by atoms with Crippen molar-refractivity contribution in [2.75, 3.05) is 17.7 Å². The summed E-state index contributed by atoms with van der Waals surface area (Å²) in [5.74, 6) is 0.563. The van der Waals surface area contributed by atoms with E-state index in [4.69, 9.17) is 4.74 Å². The number of methoxy groups -OCH3 is 1. The van der Waals surface area contributed by atoms with Gasteiger partial charge in [0.15, 0.2) is 0 Å². The lowest BCUT2D eigenvalue weighted by atomic mass is 10.1. The molecule has 25 heavy (non-hydrogen) atoms. The molecule has 0 saturated heterocycles. The van der Waals surface area contributed by atoms with Gasteiger partial charge in [-0.1, -0.05) is 38.1 Å². The van der Waals surface area contributed by atoms with Gasteiger partial charge in [-0.15, -0.1) is 0 Å². The van der Waals surface area contributed by atoms with Crippen molar-refractivity contribution in [2.24, 2.45) is 0 Å². The zero-order valence-corrected chi connectivity index (χ0v) is 15.3. The Morgan fingerprint density at radius 1 is 1.08 bits per heavy atom. The highest BCUT2D eigenvalue weighted by molar-refractivity contribution is 6.01. The van der Waals surface area contributed by atoms with E-state index in [9.17, 15) is 9.59 Å². The molecule has 0 bridgehead atoms.